The van der Waals surface area contributed by atoms with Crippen molar-refractivity contribution in [3.05, 3.63) is 45.8 Å². The third kappa shape index (κ3) is 5.92. The molecule has 0 saturated carbocycles. The number of hydrogen-bond acceptors (Lipinski definition) is 6. The lowest BCUT2D eigenvalue weighted by Gasteiger charge is -2.34. The molecule has 2 N–H and O–H groups in total. The molecule has 3 unspecified atom stereocenters. The number of esters is 1. The summed E-state index contributed by atoms with van der Waals surface area (Å²) in [5.74, 6) is -0.192. The van der Waals surface area contributed by atoms with Crippen LogP contribution in [0.2, 0.25) is 0 Å². The number of carbonyl (C=O) groups excluding carboxylic acids is 2. The Morgan fingerprint density at radius 3 is 2.41 bits per heavy atom. The highest BCUT2D eigenvalue weighted by atomic mass is 32.2. The van der Waals surface area contributed by atoms with E-state index >= 15 is 0 Å². The predicted octanol–water partition coefficient (Wildman–Crippen LogP) is 3.19. The van der Waals surface area contributed by atoms with E-state index in [-0.39, 0.29) is 17.4 Å². The van der Waals surface area contributed by atoms with Gasteiger partial charge in [0.05, 0.1) is 34.5 Å². The third-order valence-electron chi connectivity index (χ3n) is 7.29. The van der Waals surface area contributed by atoms with Gasteiger partial charge in [0.1, 0.15) is 11.5 Å². The first-order valence-corrected chi connectivity index (χ1v) is 15.3. The first kappa shape index (κ1) is 27.8. The van der Waals surface area contributed by atoms with Gasteiger partial charge in [0.2, 0.25) is 10.0 Å². The van der Waals surface area contributed by atoms with E-state index in [1.807, 2.05) is 0 Å². The molecule has 0 aliphatic carbocycles. The van der Waals surface area contributed by atoms with Gasteiger partial charge in [0.15, 0.2) is 0 Å². The van der Waals surface area contributed by atoms with Crippen molar-refractivity contribution in [1.82, 2.24) is 4.31 Å². The molecule has 4 rings (SSSR count). The third-order valence-corrected chi connectivity index (χ3v) is 10.3. The molecule has 202 valence electrons. The quantitative estimate of drug-likeness (QED) is 0.518. The van der Waals surface area contributed by atoms with Crippen molar-refractivity contribution >= 4 is 38.2 Å². The number of anilines is 1. The van der Waals surface area contributed by atoms with Gasteiger partial charge in [-0.1, -0.05) is 13.8 Å². The summed E-state index contributed by atoms with van der Waals surface area (Å²) < 4.78 is 33.2. The number of carbonyl (C=O) groups is 2. The highest BCUT2D eigenvalue weighted by molar-refractivity contribution is 7.89. The van der Waals surface area contributed by atoms with Gasteiger partial charge in [-0.15, -0.1) is 11.3 Å². The van der Waals surface area contributed by atoms with Crippen LogP contribution in [0.5, 0.6) is 0 Å². The van der Waals surface area contributed by atoms with Gasteiger partial charge in [0, 0.05) is 25.1 Å². The molecule has 0 bridgehead atoms. The second kappa shape index (κ2) is 11.2. The van der Waals surface area contributed by atoms with E-state index < -0.39 is 16.0 Å². The Labute approximate surface area is 224 Å². The monoisotopic (exact) mass is 548 g/mol. The van der Waals surface area contributed by atoms with Crippen molar-refractivity contribution in [1.29, 1.82) is 0 Å². The molecule has 10 heteroatoms. The molecule has 1 amide bonds. The minimum atomic E-state index is -3.63. The summed E-state index contributed by atoms with van der Waals surface area (Å²) in [5.41, 5.74) is 1.75. The van der Waals surface area contributed by atoms with E-state index in [0.29, 0.717) is 47.1 Å². The molecule has 2 aromatic rings. The molecule has 2 aliphatic rings. The fraction of sp³-hybridized carbons (Fsp3) is 0.556. The van der Waals surface area contributed by atoms with E-state index in [1.54, 1.807) is 11.2 Å². The van der Waals surface area contributed by atoms with E-state index in [1.165, 1.54) is 40.5 Å². The van der Waals surface area contributed by atoms with E-state index in [2.05, 4.69) is 33.0 Å². The molecule has 0 spiro atoms. The maximum absolute atomic E-state index is 13.2. The first-order valence-electron chi connectivity index (χ1n) is 13.1. The molecule has 37 heavy (non-hydrogen) atoms. The fourth-order valence-corrected chi connectivity index (χ4v) is 8.37. The number of thiophene rings is 1. The minimum absolute atomic E-state index is 0.181. The summed E-state index contributed by atoms with van der Waals surface area (Å²) in [6.07, 6.45) is 1.77. The Morgan fingerprint density at radius 2 is 1.81 bits per heavy atom. The molecule has 1 aromatic carbocycles. The number of nitrogens with one attached hydrogen (secondary N) is 2. The van der Waals surface area contributed by atoms with E-state index in [0.717, 1.165) is 36.4 Å². The van der Waals surface area contributed by atoms with Gasteiger partial charge in [-0.3, -0.25) is 4.79 Å². The number of sulfonamides is 1. The second-order valence-electron chi connectivity index (χ2n) is 10.7. The van der Waals surface area contributed by atoms with Crippen LogP contribution in [0.15, 0.2) is 29.2 Å². The zero-order chi connectivity index (χ0) is 26.9. The largest absolute Gasteiger partial charge is 0.462 e. The smallest absolute Gasteiger partial charge is 0.341 e. The van der Waals surface area contributed by atoms with Gasteiger partial charge in [0.25, 0.3) is 5.91 Å². The van der Waals surface area contributed by atoms with Crippen LogP contribution < -0.4 is 10.2 Å². The van der Waals surface area contributed by atoms with Crippen LogP contribution in [-0.2, 0) is 27.7 Å². The lowest BCUT2D eigenvalue weighted by atomic mass is 9.94. The molecule has 1 fully saturated rings. The normalized spacial score (nSPS) is 22.5. The van der Waals surface area contributed by atoms with Gasteiger partial charge in [-0.25, -0.2) is 13.2 Å². The zero-order valence-electron chi connectivity index (χ0n) is 22.3. The Hall–Kier alpha value is -2.27. The van der Waals surface area contributed by atoms with Crippen LogP contribution in [-0.4, -0.2) is 56.9 Å². The number of nitrogens with zero attached hydrogens (tertiary/aromatic N) is 1. The summed E-state index contributed by atoms with van der Waals surface area (Å²) >= 11 is 1.43. The number of fused-ring (bicyclic) bond motifs is 1. The molecule has 3 atom stereocenters. The van der Waals surface area contributed by atoms with Gasteiger partial charge >= 0.3 is 5.97 Å². The molecule has 2 aliphatic heterocycles. The predicted molar refractivity (Wildman–Crippen MR) is 145 cm³/mol. The van der Waals surface area contributed by atoms with Crippen molar-refractivity contribution in [2.45, 2.75) is 64.9 Å². The van der Waals surface area contributed by atoms with Gasteiger partial charge in [-0.2, -0.15) is 4.31 Å². The SMILES string of the molecule is CCOC(=O)c1c(NC(=O)c2ccc(S(=O)(=O)N3CC(C)CC(C)C3)cc2)sc2c1CC[NH+](C(C)C)C2. The number of amides is 1. The first-order chi connectivity index (χ1) is 17.5. The number of piperidine rings is 1. The molecule has 3 heterocycles. The van der Waals surface area contributed by atoms with Crippen molar-refractivity contribution in [3.63, 3.8) is 0 Å². The number of benzene rings is 1. The highest BCUT2D eigenvalue weighted by Gasteiger charge is 2.33. The maximum atomic E-state index is 13.2. The number of hydrogen-bond donors (Lipinski definition) is 2. The van der Waals surface area contributed by atoms with Gasteiger partial charge in [-0.05, 0) is 68.9 Å². The summed E-state index contributed by atoms with van der Waals surface area (Å²) in [7, 11) is -3.63. The van der Waals surface area contributed by atoms with E-state index in [4.69, 9.17) is 4.74 Å². The van der Waals surface area contributed by atoms with Crippen molar-refractivity contribution in [3.8, 4) is 0 Å². The van der Waals surface area contributed by atoms with Gasteiger partial charge < -0.3 is 15.0 Å². The highest BCUT2D eigenvalue weighted by Crippen LogP contribution is 2.36. The minimum Gasteiger partial charge on any atom is -0.462 e. The topological polar surface area (TPSA) is 97.2 Å². The lowest BCUT2D eigenvalue weighted by Crippen LogP contribution is -3.14. The second-order valence-corrected chi connectivity index (χ2v) is 13.7. The Morgan fingerprint density at radius 1 is 1.16 bits per heavy atom. The van der Waals surface area contributed by atoms with Crippen LogP contribution >= 0.6 is 11.3 Å². The summed E-state index contributed by atoms with van der Waals surface area (Å²) in [4.78, 5) is 28.7. The van der Waals surface area contributed by atoms with Crippen LogP contribution in [0.25, 0.3) is 0 Å². The molecular formula is C27H38N3O5S2+. The average Bonchev–Trinajstić information content (AvgIpc) is 3.20. The summed E-state index contributed by atoms with van der Waals surface area (Å²) in [6.45, 7) is 13.3. The standard InChI is InChI=1S/C27H37N3O5S2/c1-6-35-27(32)24-22-11-12-29(17(2)3)16-23(22)36-26(24)28-25(31)20-7-9-21(10-8-20)37(33,34)30-14-18(4)13-19(5)15-30/h7-10,17-19H,6,11-16H2,1-5H3,(H,28,31)/p+1. The van der Waals surface area contributed by atoms with Crippen molar-refractivity contribution in [2.75, 3.05) is 31.6 Å². The van der Waals surface area contributed by atoms with Crippen molar-refractivity contribution in [2.24, 2.45) is 11.8 Å². The Bertz CT molecular complexity index is 1240. The maximum Gasteiger partial charge on any atom is 0.341 e. The molecule has 1 saturated heterocycles. The fourth-order valence-electron chi connectivity index (χ4n) is 5.40. The molecule has 0 radical (unpaired) electrons. The summed E-state index contributed by atoms with van der Waals surface area (Å²) in [5, 5.41) is 3.40. The molecule has 8 nitrogen and oxygen atoms in total. The van der Waals surface area contributed by atoms with Crippen LogP contribution in [0, 0.1) is 11.8 Å². The number of rotatable bonds is 7. The van der Waals surface area contributed by atoms with Crippen LogP contribution in [0.3, 0.4) is 0 Å². The Balaban J connectivity index is 1.55. The molecule has 1 aromatic heterocycles. The van der Waals surface area contributed by atoms with E-state index in [9.17, 15) is 18.0 Å². The molecular weight excluding hydrogens is 510 g/mol. The summed E-state index contributed by atoms with van der Waals surface area (Å²) in [6, 6.07) is 6.50. The average molecular weight is 549 g/mol. The van der Waals surface area contributed by atoms with Crippen LogP contribution in [0.4, 0.5) is 5.00 Å². The van der Waals surface area contributed by atoms with Crippen molar-refractivity contribution < 1.29 is 27.6 Å². The number of quaternary nitrogens is 1. The van der Waals surface area contributed by atoms with Crippen LogP contribution in [0.1, 0.15) is 72.2 Å². The number of ether oxygens (including phenoxy) is 1. The Kier molecular flexibility index (Phi) is 8.42. The zero-order valence-corrected chi connectivity index (χ0v) is 23.9. The lowest BCUT2D eigenvalue weighted by molar-refractivity contribution is -0.936.